The van der Waals surface area contributed by atoms with Crippen LogP contribution in [0.15, 0.2) is 18.2 Å². The van der Waals surface area contributed by atoms with Gasteiger partial charge in [-0.05, 0) is 24.7 Å². The lowest BCUT2D eigenvalue weighted by Gasteiger charge is -2.15. The third-order valence-electron chi connectivity index (χ3n) is 2.15. The lowest BCUT2D eigenvalue weighted by Crippen LogP contribution is -2.23. The summed E-state index contributed by atoms with van der Waals surface area (Å²) < 4.78 is 0. The zero-order valence-electron chi connectivity index (χ0n) is 8.06. The van der Waals surface area contributed by atoms with Gasteiger partial charge in [0.25, 0.3) is 0 Å². The van der Waals surface area contributed by atoms with E-state index in [0.29, 0.717) is 16.6 Å². The van der Waals surface area contributed by atoms with E-state index in [1.54, 1.807) is 6.07 Å². The first kappa shape index (κ1) is 11.8. The van der Waals surface area contributed by atoms with Crippen LogP contribution in [-0.4, -0.2) is 20.1 Å². The van der Waals surface area contributed by atoms with Crippen LogP contribution in [-0.2, 0) is 0 Å². The van der Waals surface area contributed by atoms with Gasteiger partial charge in [0.15, 0.2) is 0 Å². The molecule has 0 saturated carbocycles. The highest BCUT2D eigenvalue weighted by atomic mass is 35.5. The van der Waals surface area contributed by atoms with E-state index in [1.807, 2.05) is 19.2 Å². The highest BCUT2D eigenvalue weighted by Crippen LogP contribution is 2.25. The van der Waals surface area contributed by atoms with Crippen LogP contribution in [0, 0.1) is 0 Å². The number of halogens is 2. The van der Waals surface area contributed by atoms with Crippen LogP contribution in [0.4, 0.5) is 0 Å². The first-order valence-corrected chi connectivity index (χ1v) is 5.24. The van der Waals surface area contributed by atoms with Crippen LogP contribution >= 0.6 is 23.2 Å². The van der Waals surface area contributed by atoms with Gasteiger partial charge in [0.1, 0.15) is 0 Å². The summed E-state index contributed by atoms with van der Waals surface area (Å²) in [6.45, 7) is 1.44. The summed E-state index contributed by atoms with van der Waals surface area (Å²) in [5, 5.41) is 4.26. The van der Waals surface area contributed by atoms with Crippen molar-refractivity contribution in [3.8, 4) is 0 Å². The lowest BCUT2D eigenvalue weighted by molar-refractivity contribution is 0.637. The van der Waals surface area contributed by atoms with E-state index in [4.69, 9.17) is 28.9 Å². The van der Waals surface area contributed by atoms with Crippen LogP contribution in [0.5, 0.6) is 0 Å². The normalized spacial score (nSPS) is 12.9. The van der Waals surface area contributed by atoms with Crippen molar-refractivity contribution in [2.45, 2.75) is 5.92 Å². The van der Waals surface area contributed by atoms with Crippen molar-refractivity contribution in [1.82, 2.24) is 5.32 Å². The zero-order chi connectivity index (χ0) is 10.6. The fourth-order valence-electron chi connectivity index (χ4n) is 1.35. The minimum Gasteiger partial charge on any atom is -0.330 e. The highest BCUT2D eigenvalue weighted by molar-refractivity contribution is 6.42. The van der Waals surface area contributed by atoms with Crippen molar-refractivity contribution >= 4 is 23.2 Å². The fourth-order valence-corrected chi connectivity index (χ4v) is 1.66. The standard InChI is InChI=1S/C10H14Cl2N2/c1-14-6-8(5-13)7-2-3-9(11)10(12)4-7/h2-4,8,14H,5-6,13H2,1H3. The van der Waals surface area contributed by atoms with Gasteiger partial charge in [-0.1, -0.05) is 29.3 Å². The molecule has 14 heavy (non-hydrogen) atoms. The van der Waals surface area contributed by atoms with E-state index < -0.39 is 0 Å². The quantitative estimate of drug-likeness (QED) is 0.837. The van der Waals surface area contributed by atoms with E-state index in [-0.39, 0.29) is 5.92 Å². The summed E-state index contributed by atoms with van der Waals surface area (Å²) in [4.78, 5) is 0. The van der Waals surface area contributed by atoms with Gasteiger partial charge in [-0.25, -0.2) is 0 Å². The topological polar surface area (TPSA) is 38.0 Å². The maximum Gasteiger partial charge on any atom is 0.0595 e. The predicted octanol–water partition coefficient (Wildman–Crippen LogP) is 2.26. The first-order chi connectivity index (χ1) is 6.69. The Morgan fingerprint density at radius 2 is 2.07 bits per heavy atom. The van der Waals surface area contributed by atoms with Crippen LogP contribution in [0.3, 0.4) is 0 Å². The minimum absolute atomic E-state index is 0.287. The van der Waals surface area contributed by atoms with Crippen molar-refractivity contribution in [2.24, 2.45) is 5.73 Å². The number of hydrogen-bond acceptors (Lipinski definition) is 2. The van der Waals surface area contributed by atoms with Gasteiger partial charge in [-0.15, -0.1) is 0 Å². The third-order valence-corrected chi connectivity index (χ3v) is 2.89. The Bertz CT molecular complexity index is 302. The molecule has 0 bridgehead atoms. The molecule has 0 amide bonds. The molecule has 4 heteroatoms. The SMILES string of the molecule is CNCC(CN)c1ccc(Cl)c(Cl)c1. The number of nitrogens with one attached hydrogen (secondary N) is 1. The number of benzene rings is 1. The molecule has 3 N–H and O–H groups in total. The van der Waals surface area contributed by atoms with E-state index in [9.17, 15) is 0 Å². The van der Waals surface area contributed by atoms with Crippen LogP contribution < -0.4 is 11.1 Å². The van der Waals surface area contributed by atoms with E-state index in [0.717, 1.165) is 12.1 Å². The Morgan fingerprint density at radius 3 is 2.57 bits per heavy atom. The van der Waals surface area contributed by atoms with Gasteiger partial charge in [-0.2, -0.15) is 0 Å². The molecule has 0 saturated heterocycles. The highest BCUT2D eigenvalue weighted by Gasteiger charge is 2.09. The molecule has 1 rings (SSSR count). The molecular weight excluding hydrogens is 219 g/mol. The number of rotatable bonds is 4. The molecule has 0 spiro atoms. The molecule has 0 aliphatic carbocycles. The van der Waals surface area contributed by atoms with Gasteiger partial charge >= 0.3 is 0 Å². The Kier molecular flexibility index (Phi) is 4.69. The minimum atomic E-state index is 0.287. The second kappa shape index (κ2) is 5.56. The summed E-state index contributed by atoms with van der Waals surface area (Å²) >= 11 is 11.7. The number of nitrogens with two attached hydrogens (primary N) is 1. The molecule has 1 atom stereocenters. The van der Waals surface area contributed by atoms with Gasteiger partial charge in [0.2, 0.25) is 0 Å². The molecule has 0 heterocycles. The summed E-state index contributed by atoms with van der Waals surface area (Å²) in [5.74, 6) is 0.287. The van der Waals surface area contributed by atoms with Crippen LogP contribution in [0.2, 0.25) is 10.0 Å². The smallest absolute Gasteiger partial charge is 0.0595 e. The van der Waals surface area contributed by atoms with Gasteiger partial charge in [-0.3, -0.25) is 0 Å². The van der Waals surface area contributed by atoms with Crippen molar-refractivity contribution in [1.29, 1.82) is 0 Å². The number of likely N-dealkylation sites (N-methyl/N-ethyl adjacent to an activating group) is 1. The molecule has 1 aromatic rings. The van der Waals surface area contributed by atoms with Crippen molar-refractivity contribution in [3.05, 3.63) is 33.8 Å². The fraction of sp³-hybridized carbons (Fsp3) is 0.400. The lowest BCUT2D eigenvalue weighted by atomic mass is 9.99. The molecule has 1 unspecified atom stereocenters. The molecular formula is C10H14Cl2N2. The van der Waals surface area contributed by atoms with E-state index in [1.165, 1.54) is 0 Å². The maximum absolute atomic E-state index is 5.92. The van der Waals surface area contributed by atoms with Gasteiger partial charge < -0.3 is 11.1 Å². The third kappa shape index (κ3) is 2.85. The summed E-state index contributed by atoms with van der Waals surface area (Å²) in [7, 11) is 1.90. The van der Waals surface area contributed by atoms with Crippen LogP contribution in [0.25, 0.3) is 0 Å². The average Bonchev–Trinajstić information content (AvgIpc) is 2.19. The zero-order valence-corrected chi connectivity index (χ0v) is 9.57. The van der Waals surface area contributed by atoms with Crippen LogP contribution in [0.1, 0.15) is 11.5 Å². The largest absolute Gasteiger partial charge is 0.330 e. The van der Waals surface area contributed by atoms with Gasteiger partial charge in [0, 0.05) is 19.0 Å². The van der Waals surface area contributed by atoms with Crippen molar-refractivity contribution in [3.63, 3.8) is 0 Å². The van der Waals surface area contributed by atoms with E-state index in [2.05, 4.69) is 5.32 Å². The predicted molar refractivity (Wildman–Crippen MR) is 62.2 cm³/mol. The first-order valence-electron chi connectivity index (χ1n) is 4.48. The second-order valence-electron chi connectivity index (χ2n) is 3.16. The molecule has 0 aromatic heterocycles. The molecule has 0 aliphatic rings. The molecule has 78 valence electrons. The summed E-state index contributed by atoms with van der Waals surface area (Å²) in [6.07, 6.45) is 0. The average molecular weight is 233 g/mol. The van der Waals surface area contributed by atoms with Gasteiger partial charge in [0.05, 0.1) is 10.0 Å². The summed E-state index contributed by atoms with van der Waals surface area (Å²) in [5.41, 5.74) is 6.78. The maximum atomic E-state index is 5.92. The van der Waals surface area contributed by atoms with Crippen molar-refractivity contribution < 1.29 is 0 Å². The Hall–Kier alpha value is -0.280. The summed E-state index contributed by atoms with van der Waals surface area (Å²) in [6, 6.07) is 5.64. The molecule has 2 nitrogen and oxygen atoms in total. The Labute approximate surface area is 94.4 Å². The van der Waals surface area contributed by atoms with Crippen molar-refractivity contribution in [2.75, 3.05) is 20.1 Å². The monoisotopic (exact) mass is 232 g/mol. The molecule has 1 aromatic carbocycles. The molecule has 0 fully saturated rings. The van der Waals surface area contributed by atoms with E-state index >= 15 is 0 Å². The Balaban J connectivity index is 2.88. The second-order valence-corrected chi connectivity index (χ2v) is 3.98. The molecule has 0 aliphatic heterocycles. The molecule has 0 radical (unpaired) electrons. The number of hydrogen-bond donors (Lipinski definition) is 2. The Morgan fingerprint density at radius 1 is 1.36 bits per heavy atom.